The summed E-state index contributed by atoms with van der Waals surface area (Å²) >= 11 is 2.19. The summed E-state index contributed by atoms with van der Waals surface area (Å²) in [6, 6.07) is 5.86. The minimum absolute atomic E-state index is 0. The van der Waals surface area contributed by atoms with Gasteiger partial charge < -0.3 is 7.43 Å². The number of rotatable bonds is 0. The molecule has 0 amide bonds. The van der Waals surface area contributed by atoms with Gasteiger partial charge in [-0.15, -0.1) is 0 Å². The third-order valence-corrected chi connectivity index (χ3v) is 0.813. The van der Waals surface area contributed by atoms with Crippen molar-refractivity contribution in [1.82, 2.24) is 4.98 Å². The molecule has 0 aliphatic carbocycles. The van der Waals surface area contributed by atoms with Crippen LogP contribution < -0.4 is 0 Å². The van der Waals surface area contributed by atoms with Gasteiger partial charge in [0.25, 0.3) is 0 Å². The van der Waals surface area contributed by atoms with Gasteiger partial charge in [0.1, 0.15) is 0 Å². The zero-order chi connectivity index (χ0) is 7.82. The molecule has 1 rings (SSSR count). The van der Waals surface area contributed by atoms with Gasteiger partial charge >= 0.3 is 42.6 Å². The summed E-state index contributed by atoms with van der Waals surface area (Å²) in [5.41, 5.74) is 1.07. The second-order valence-electron chi connectivity index (χ2n) is 1.52. The Balaban J connectivity index is 0. The molecule has 0 aliphatic heterocycles. The molecule has 0 saturated carbocycles. The minimum atomic E-state index is 0. The van der Waals surface area contributed by atoms with Crippen molar-refractivity contribution in [3.8, 4) is 0 Å². The van der Waals surface area contributed by atoms with E-state index in [1.54, 1.807) is 6.20 Å². The van der Waals surface area contributed by atoms with E-state index in [1.807, 2.05) is 25.1 Å². The van der Waals surface area contributed by atoms with E-state index in [-0.39, 0.29) is 21.3 Å². The number of halogens is 2. The van der Waals surface area contributed by atoms with Crippen LogP contribution in [0.2, 0.25) is 0 Å². The number of aryl methyl sites for hydroxylation is 1. The van der Waals surface area contributed by atoms with E-state index < -0.39 is 0 Å². The van der Waals surface area contributed by atoms with E-state index in [9.17, 15) is 0 Å². The molecule has 1 heterocycles. The van der Waals surface area contributed by atoms with Crippen molar-refractivity contribution in [3.63, 3.8) is 0 Å². The number of nitrogens with zero attached hydrogens (tertiary/aromatic N) is 1. The van der Waals surface area contributed by atoms with Crippen LogP contribution in [0.3, 0.4) is 0 Å². The number of hydrogen-bond donors (Lipinski definition) is 0. The SMILES string of the molecule is Cc1ccccn1.[CH3-].[Cl][Pt][I]. The van der Waals surface area contributed by atoms with Gasteiger partial charge in [0.2, 0.25) is 0 Å². The quantitative estimate of drug-likeness (QED) is 0.423. The molecule has 0 aliphatic rings. The summed E-state index contributed by atoms with van der Waals surface area (Å²) in [5.74, 6) is 0. The third kappa shape index (κ3) is 10.9. The molecule has 1 aromatic heterocycles. The van der Waals surface area contributed by atoms with Gasteiger partial charge in [-0.2, -0.15) is 0 Å². The summed E-state index contributed by atoms with van der Waals surface area (Å²) in [4.78, 5) is 3.98. The molecule has 0 unspecified atom stereocenters. The predicted molar refractivity (Wildman–Crippen MR) is 55.3 cm³/mol. The first-order chi connectivity index (χ1) is 4.81. The van der Waals surface area contributed by atoms with Crippen LogP contribution in [0.25, 0.3) is 0 Å². The van der Waals surface area contributed by atoms with E-state index in [4.69, 9.17) is 9.42 Å². The van der Waals surface area contributed by atoms with Gasteiger partial charge in [0.15, 0.2) is 0 Å². The van der Waals surface area contributed by atoms with E-state index in [1.165, 1.54) is 0 Å². The fourth-order valence-corrected chi connectivity index (χ4v) is 0.448. The average molecular weight is 466 g/mol. The Hall–Kier alpha value is 0.858. The standard InChI is InChI=1S/C6H7N.CH3.ClH.HI.Pt/c1-6-4-2-3-5-7-6;;;;/h2-5H,1H3;1H3;2*1H;/q;-1;;;+2/p-2. The second-order valence-corrected chi connectivity index (χ2v) is 8.91. The molecule has 4 heteroatoms. The zero-order valence-corrected chi connectivity index (χ0v) is 11.5. The number of aromatic nitrogens is 1. The van der Waals surface area contributed by atoms with Crippen molar-refractivity contribution in [2.24, 2.45) is 0 Å². The van der Waals surface area contributed by atoms with Gasteiger partial charge in [-0.3, -0.25) is 4.98 Å². The third-order valence-electron chi connectivity index (χ3n) is 0.813. The molecule has 0 aromatic carbocycles. The molecule has 0 atom stereocenters. The fourth-order valence-electron chi connectivity index (χ4n) is 0.448. The molecule has 0 fully saturated rings. The van der Waals surface area contributed by atoms with Crippen molar-refractivity contribution < 1.29 is 13.8 Å². The van der Waals surface area contributed by atoms with Crippen LogP contribution in [0, 0.1) is 14.4 Å². The van der Waals surface area contributed by atoms with Crippen LogP contribution >= 0.6 is 28.8 Å². The molecule has 11 heavy (non-hydrogen) atoms. The zero-order valence-electron chi connectivity index (χ0n) is 6.33. The van der Waals surface area contributed by atoms with Gasteiger partial charge in [-0.05, 0) is 19.1 Å². The van der Waals surface area contributed by atoms with E-state index >= 15 is 0 Å². The van der Waals surface area contributed by atoms with Gasteiger partial charge in [0, 0.05) is 11.9 Å². The number of hydrogen-bond acceptors (Lipinski definition) is 1. The van der Waals surface area contributed by atoms with Gasteiger partial charge in [-0.25, -0.2) is 0 Å². The molecule has 1 aromatic rings. The maximum atomic E-state index is 5.10. The number of pyridine rings is 1. The first-order valence-corrected chi connectivity index (χ1v) is 11.8. The molecular formula is C7H10ClINPt-. The van der Waals surface area contributed by atoms with E-state index in [0.717, 1.165) is 5.69 Å². The maximum absolute atomic E-state index is 5.10. The van der Waals surface area contributed by atoms with Crippen LogP contribution in [0.15, 0.2) is 24.4 Å². The van der Waals surface area contributed by atoms with Crippen LogP contribution in [0.5, 0.6) is 0 Å². The summed E-state index contributed by atoms with van der Waals surface area (Å²) < 4.78 is 0. The monoisotopic (exact) mass is 465 g/mol. The van der Waals surface area contributed by atoms with Crippen molar-refractivity contribution in [2.45, 2.75) is 6.92 Å². The molecule has 1 nitrogen and oxygen atoms in total. The Kier molecular flexibility index (Phi) is 14.2. The Morgan fingerprint density at radius 1 is 1.55 bits per heavy atom. The Bertz CT molecular complexity index is 160. The summed E-state index contributed by atoms with van der Waals surface area (Å²) in [7, 11) is 5.10. The Labute approximate surface area is 91.2 Å². The molecule has 0 bridgehead atoms. The van der Waals surface area contributed by atoms with Crippen LogP contribution in [-0.4, -0.2) is 4.98 Å². The van der Waals surface area contributed by atoms with Crippen LogP contribution in [0.1, 0.15) is 5.69 Å². The Morgan fingerprint density at radius 3 is 2.27 bits per heavy atom. The van der Waals surface area contributed by atoms with E-state index in [0.29, 0.717) is 0 Å². The fraction of sp³-hybridized carbons (Fsp3) is 0.143. The van der Waals surface area contributed by atoms with Crippen molar-refractivity contribution in [1.29, 1.82) is 0 Å². The predicted octanol–water partition coefficient (Wildman–Crippen LogP) is 3.41. The molecular weight excluding hydrogens is 456 g/mol. The van der Waals surface area contributed by atoms with Gasteiger partial charge in [0.05, 0.1) is 0 Å². The van der Waals surface area contributed by atoms with Crippen molar-refractivity contribution in [3.05, 3.63) is 37.5 Å². The Morgan fingerprint density at radius 2 is 2.09 bits per heavy atom. The molecule has 0 saturated heterocycles. The topological polar surface area (TPSA) is 12.9 Å². The summed E-state index contributed by atoms with van der Waals surface area (Å²) in [6.07, 6.45) is 1.79. The molecule has 0 N–H and O–H groups in total. The first kappa shape index (κ1) is 14.4. The first-order valence-electron chi connectivity index (χ1n) is 2.51. The van der Waals surface area contributed by atoms with Crippen LogP contribution in [0.4, 0.5) is 0 Å². The second kappa shape index (κ2) is 10.9. The van der Waals surface area contributed by atoms with Crippen molar-refractivity contribution >= 4 is 28.8 Å². The molecule has 68 valence electrons. The molecule has 0 radical (unpaired) electrons. The summed E-state index contributed by atoms with van der Waals surface area (Å²) in [5, 5.41) is 0. The average Bonchev–Trinajstić information content (AvgIpc) is 1.91. The molecule has 0 spiro atoms. The van der Waals surface area contributed by atoms with Crippen molar-refractivity contribution in [2.75, 3.05) is 0 Å². The van der Waals surface area contributed by atoms with Gasteiger partial charge in [-0.1, -0.05) is 6.07 Å². The normalized spacial score (nSPS) is 7.55. The summed E-state index contributed by atoms with van der Waals surface area (Å²) in [6.45, 7) is 1.97. The van der Waals surface area contributed by atoms with E-state index in [2.05, 4.69) is 24.3 Å². The van der Waals surface area contributed by atoms with Crippen LogP contribution in [-0.2, 0) is 13.8 Å².